The Morgan fingerprint density at radius 3 is 2.82 bits per heavy atom. The van der Waals surface area contributed by atoms with E-state index in [1.54, 1.807) is 7.11 Å². The minimum Gasteiger partial charge on any atom is -0.380 e. The molecule has 0 spiro atoms. The summed E-state index contributed by atoms with van der Waals surface area (Å²) in [6.07, 6.45) is 0.122. The van der Waals surface area contributed by atoms with Crippen LogP contribution in [-0.4, -0.2) is 24.9 Å². The van der Waals surface area contributed by atoms with E-state index < -0.39 is 0 Å². The highest BCUT2D eigenvalue weighted by Crippen LogP contribution is 2.19. The van der Waals surface area contributed by atoms with Crippen LogP contribution in [0.2, 0.25) is 5.02 Å². The lowest BCUT2D eigenvalue weighted by Gasteiger charge is -2.14. The average molecular weight is 273 g/mol. The number of halogens is 1. The van der Waals surface area contributed by atoms with Crippen LogP contribution in [0.3, 0.4) is 0 Å². The zero-order chi connectivity index (χ0) is 12.8. The van der Waals surface area contributed by atoms with Gasteiger partial charge in [-0.2, -0.15) is 0 Å². The summed E-state index contributed by atoms with van der Waals surface area (Å²) in [7, 11) is 1.67. The number of methoxy groups -OCH3 is 1. The van der Waals surface area contributed by atoms with Gasteiger partial charge in [-0.25, -0.2) is 0 Å². The minimum atomic E-state index is 0.122. The molecule has 1 unspecified atom stereocenters. The Kier molecular flexibility index (Phi) is 5.68. The molecule has 3 nitrogen and oxygen atoms in total. The zero-order valence-corrected chi connectivity index (χ0v) is 11.8. The first-order valence-electron chi connectivity index (χ1n) is 5.36. The number of hydrogen-bond acceptors (Lipinski definition) is 2. The standard InChI is InChI=1S/C12H17ClN2OS/c1-8-4-5-10(6-11(8)13)15-12(17)14-7-9(2)16-3/h4-6,9H,7H2,1-3H3,(H2,14,15,17). The van der Waals surface area contributed by atoms with Gasteiger partial charge in [0.25, 0.3) is 0 Å². The molecule has 17 heavy (non-hydrogen) atoms. The SMILES string of the molecule is COC(C)CNC(=S)Nc1ccc(C)c(Cl)c1. The fraction of sp³-hybridized carbons (Fsp3) is 0.417. The van der Waals surface area contributed by atoms with Gasteiger partial charge < -0.3 is 15.4 Å². The molecule has 1 rings (SSSR count). The van der Waals surface area contributed by atoms with Crippen LogP contribution in [0, 0.1) is 6.92 Å². The number of anilines is 1. The van der Waals surface area contributed by atoms with Crippen molar-refractivity contribution in [2.75, 3.05) is 19.0 Å². The van der Waals surface area contributed by atoms with Crippen molar-refractivity contribution < 1.29 is 4.74 Å². The van der Waals surface area contributed by atoms with Gasteiger partial charge in [0.05, 0.1) is 6.10 Å². The molecular weight excluding hydrogens is 256 g/mol. The quantitative estimate of drug-likeness (QED) is 0.826. The molecule has 0 bridgehead atoms. The number of nitrogens with one attached hydrogen (secondary N) is 2. The first-order chi connectivity index (χ1) is 8.02. The van der Waals surface area contributed by atoms with Crippen molar-refractivity contribution in [3.05, 3.63) is 28.8 Å². The van der Waals surface area contributed by atoms with Crippen molar-refractivity contribution in [3.63, 3.8) is 0 Å². The van der Waals surface area contributed by atoms with E-state index in [4.69, 9.17) is 28.6 Å². The Hall–Kier alpha value is -0.840. The first kappa shape index (κ1) is 14.2. The van der Waals surface area contributed by atoms with Crippen LogP contribution in [0.5, 0.6) is 0 Å². The van der Waals surface area contributed by atoms with Gasteiger partial charge in [0.2, 0.25) is 0 Å². The normalized spacial score (nSPS) is 12.0. The summed E-state index contributed by atoms with van der Waals surface area (Å²) in [5.74, 6) is 0. The smallest absolute Gasteiger partial charge is 0.170 e. The van der Waals surface area contributed by atoms with Crippen molar-refractivity contribution in [2.24, 2.45) is 0 Å². The van der Waals surface area contributed by atoms with E-state index in [-0.39, 0.29) is 6.10 Å². The van der Waals surface area contributed by atoms with Crippen LogP contribution in [0.4, 0.5) is 5.69 Å². The van der Waals surface area contributed by atoms with Gasteiger partial charge >= 0.3 is 0 Å². The predicted octanol–water partition coefficient (Wildman–Crippen LogP) is 2.97. The minimum absolute atomic E-state index is 0.122. The summed E-state index contributed by atoms with van der Waals surface area (Å²) >= 11 is 11.2. The lowest BCUT2D eigenvalue weighted by atomic mass is 10.2. The molecule has 0 saturated heterocycles. The molecule has 1 aromatic rings. The molecule has 0 heterocycles. The van der Waals surface area contributed by atoms with Crippen LogP contribution in [0.15, 0.2) is 18.2 Å². The molecule has 0 saturated carbocycles. The highest BCUT2D eigenvalue weighted by Gasteiger charge is 2.02. The fourth-order valence-corrected chi connectivity index (χ4v) is 1.55. The van der Waals surface area contributed by atoms with E-state index in [0.29, 0.717) is 11.7 Å². The van der Waals surface area contributed by atoms with E-state index in [1.807, 2.05) is 32.0 Å². The second-order valence-electron chi connectivity index (χ2n) is 3.85. The molecule has 94 valence electrons. The summed E-state index contributed by atoms with van der Waals surface area (Å²) in [6, 6.07) is 5.74. The summed E-state index contributed by atoms with van der Waals surface area (Å²) in [5.41, 5.74) is 1.92. The number of thiocarbonyl (C=S) groups is 1. The van der Waals surface area contributed by atoms with Gasteiger partial charge in [-0.1, -0.05) is 17.7 Å². The van der Waals surface area contributed by atoms with Crippen LogP contribution < -0.4 is 10.6 Å². The Labute approximate surface area is 112 Å². The number of rotatable bonds is 4. The summed E-state index contributed by atoms with van der Waals surface area (Å²) in [4.78, 5) is 0. The molecule has 0 amide bonds. The monoisotopic (exact) mass is 272 g/mol. The van der Waals surface area contributed by atoms with Crippen LogP contribution in [0.25, 0.3) is 0 Å². The maximum absolute atomic E-state index is 6.02. The van der Waals surface area contributed by atoms with Crippen molar-refractivity contribution in [1.82, 2.24) is 5.32 Å². The second-order valence-corrected chi connectivity index (χ2v) is 4.66. The molecule has 0 aliphatic rings. The highest BCUT2D eigenvalue weighted by atomic mass is 35.5. The third-order valence-electron chi connectivity index (χ3n) is 2.38. The molecular formula is C12H17ClN2OS. The lowest BCUT2D eigenvalue weighted by molar-refractivity contribution is 0.121. The van der Waals surface area contributed by atoms with Crippen LogP contribution in [-0.2, 0) is 4.74 Å². The molecule has 1 aromatic carbocycles. The van der Waals surface area contributed by atoms with Gasteiger partial charge in [-0.05, 0) is 43.8 Å². The van der Waals surface area contributed by atoms with Crippen molar-refractivity contribution in [3.8, 4) is 0 Å². The molecule has 0 aromatic heterocycles. The van der Waals surface area contributed by atoms with Crippen molar-refractivity contribution in [1.29, 1.82) is 0 Å². The first-order valence-corrected chi connectivity index (χ1v) is 6.15. The van der Waals surface area contributed by atoms with Gasteiger partial charge in [0.15, 0.2) is 5.11 Å². The number of hydrogen-bond donors (Lipinski definition) is 2. The molecule has 1 atom stereocenters. The Morgan fingerprint density at radius 1 is 1.53 bits per heavy atom. The van der Waals surface area contributed by atoms with Gasteiger partial charge in [0.1, 0.15) is 0 Å². The Bertz CT molecular complexity index is 398. The largest absolute Gasteiger partial charge is 0.380 e. The Morgan fingerprint density at radius 2 is 2.24 bits per heavy atom. The summed E-state index contributed by atoms with van der Waals surface area (Å²) in [6.45, 7) is 4.60. The predicted molar refractivity (Wildman–Crippen MR) is 76.9 cm³/mol. The van der Waals surface area contributed by atoms with E-state index in [0.717, 1.165) is 16.3 Å². The van der Waals surface area contributed by atoms with E-state index in [1.165, 1.54) is 0 Å². The second kappa shape index (κ2) is 6.79. The van der Waals surface area contributed by atoms with Crippen LogP contribution >= 0.6 is 23.8 Å². The highest BCUT2D eigenvalue weighted by molar-refractivity contribution is 7.80. The van der Waals surface area contributed by atoms with Gasteiger partial charge in [0, 0.05) is 24.4 Å². The topological polar surface area (TPSA) is 33.3 Å². The molecule has 0 aliphatic heterocycles. The van der Waals surface area contributed by atoms with Gasteiger partial charge in [-0.15, -0.1) is 0 Å². The average Bonchev–Trinajstić information content (AvgIpc) is 2.31. The molecule has 0 fully saturated rings. The van der Waals surface area contributed by atoms with E-state index >= 15 is 0 Å². The third-order valence-corrected chi connectivity index (χ3v) is 3.04. The molecule has 0 radical (unpaired) electrons. The summed E-state index contributed by atoms with van der Waals surface area (Å²) in [5, 5.41) is 7.43. The summed E-state index contributed by atoms with van der Waals surface area (Å²) < 4.78 is 5.11. The fourth-order valence-electron chi connectivity index (χ4n) is 1.17. The number of benzene rings is 1. The third kappa shape index (κ3) is 4.89. The molecule has 2 N–H and O–H groups in total. The Balaban J connectivity index is 2.48. The molecule has 0 aliphatic carbocycles. The van der Waals surface area contributed by atoms with Gasteiger partial charge in [-0.3, -0.25) is 0 Å². The lowest BCUT2D eigenvalue weighted by Crippen LogP contribution is -2.34. The van der Waals surface area contributed by atoms with E-state index in [2.05, 4.69) is 10.6 Å². The number of aryl methyl sites for hydroxylation is 1. The van der Waals surface area contributed by atoms with Crippen molar-refractivity contribution >= 4 is 34.6 Å². The van der Waals surface area contributed by atoms with Crippen molar-refractivity contribution in [2.45, 2.75) is 20.0 Å². The number of ether oxygens (including phenoxy) is 1. The molecule has 5 heteroatoms. The zero-order valence-electron chi connectivity index (χ0n) is 10.2. The van der Waals surface area contributed by atoms with Crippen LogP contribution in [0.1, 0.15) is 12.5 Å². The maximum Gasteiger partial charge on any atom is 0.170 e. The maximum atomic E-state index is 6.02. The van der Waals surface area contributed by atoms with E-state index in [9.17, 15) is 0 Å².